The molecule has 6 nitrogen and oxygen atoms in total. The highest BCUT2D eigenvalue weighted by Gasteiger charge is 2.33. The van der Waals surface area contributed by atoms with Gasteiger partial charge in [-0.15, -0.1) is 0 Å². The molecule has 1 aromatic carbocycles. The van der Waals surface area contributed by atoms with Crippen LogP contribution < -0.4 is 4.74 Å². The number of carboxylic acid groups (broad SMARTS) is 1. The standard InChI is InChI=1S/C15H20O3.C8H8O.C7H10O2.CH4/c1-10-4-5-12-6-8-15(3,9-7-13(16)17)18-14(12)11(10)2;1-6-4-3-5-8(9)7(6)2;1-3-7(2)5-4-6(8)9-7;/h4-5H,6-9H2,1-3H3,(H,16,17);3-4H,1-2H3;3H,1,4-5H2,2H3;1H4/p+1. The van der Waals surface area contributed by atoms with E-state index in [1.165, 1.54) is 16.7 Å². The van der Waals surface area contributed by atoms with Gasteiger partial charge in [0.05, 0.1) is 17.7 Å². The number of aliphatic hydroxyl groups excluding tert-OH is 1. The smallest absolute Gasteiger partial charge is 0.306 e. The number of carbonyl (C=O) groups excluding carboxylic acids is 1. The number of hydrogen-bond donors (Lipinski definition) is 2. The number of hydrogen-bond acceptors (Lipinski definition) is 5. The highest BCUT2D eigenvalue weighted by Crippen LogP contribution is 2.38. The number of aliphatic hydroxyl groups is 1. The molecule has 0 spiro atoms. The van der Waals surface area contributed by atoms with Crippen molar-refractivity contribution < 1.29 is 29.3 Å². The molecule has 2 aliphatic heterocycles. The molecular formula is C31H43O6+. The molecule has 0 aromatic heterocycles. The van der Waals surface area contributed by atoms with E-state index in [1.807, 2.05) is 33.8 Å². The third-order valence-electron chi connectivity index (χ3n) is 7.00. The zero-order valence-electron chi connectivity index (χ0n) is 22.4. The Hall–Kier alpha value is -3.37. The molecule has 0 saturated carbocycles. The first-order valence-corrected chi connectivity index (χ1v) is 12.3. The minimum atomic E-state index is -0.758. The van der Waals surface area contributed by atoms with Gasteiger partial charge in [0, 0.05) is 26.2 Å². The van der Waals surface area contributed by atoms with E-state index in [4.69, 9.17) is 19.7 Å². The number of esters is 1. The van der Waals surface area contributed by atoms with Gasteiger partial charge in [-0.3, -0.25) is 9.59 Å². The molecule has 6 heteroatoms. The summed E-state index contributed by atoms with van der Waals surface area (Å²) in [4.78, 5) is 21.2. The number of carboxylic acids is 1. The summed E-state index contributed by atoms with van der Waals surface area (Å²) < 4.78 is 11.1. The van der Waals surface area contributed by atoms with Crippen LogP contribution in [0.25, 0.3) is 0 Å². The summed E-state index contributed by atoms with van der Waals surface area (Å²) in [7, 11) is 0. The molecule has 0 bridgehead atoms. The van der Waals surface area contributed by atoms with Crippen molar-refractivity contribution in [2.24, 2.45) is 0 Å². The number of fused-ring (bicyclic) bond motifs is 1. The Balaban J connectivity index is 0.000000304. The van der Waals surface area contributed by atoms with Gasteiger partial charge < -0.3 is 19.7 Å². The van der Waals surface area contributed by atoms with Crippen LogP contribution in [0.4, 0.5) is 0 Å². The predicted octanol–water partition coefficient (Wildman–Crippen LogP) is 7.29. The number of aryl methyl sites for hydroxylation is 2. The topological polar surface area (TPSA) is 93.1 Å². The van der Waals surface area contributed by atoms with Crippen LogP contribution in [0.2, 0.25) is 0 Å². The summed E-state index contributed by atoms with van der Waals surface area (Å²) in [5.41, 5.74) is 4.93. The highest BCUT2D eigenvalue weighted by atomic mass is 16.6. The first kappa shape index (κ1) is 31.7. The number of cyclic esters (lactones) is 1. The van der Waals surface area contributed by atoms with E-state index in [1.54, 1.807) is 12.2 Å². The van der Waals surface area contributed by atoms with Crippen LogP contribution in [-0.4, -0.2) is 33.4 Å². The van der Waals surface area contributed by atoms with Crippen molar-refractivity contribution in [2.45, 2.75) is 98.7 Å². The number of benzene rings is 1. The van der Waals surface area contributed by atoms with E-state index in [0.717, 1.165) is 36.2 Å². The van der Waals surface area contributed by atoms with Crippen LogP contribution >= 0.6 is 0 Å². The lowest BCUT2D eigenvalue weighted by Crippen LogP contribution is -2.37. The van der Waals surface area contributed by atoms with Crippen molar-refractivity contribution >= 4 is 11.9 Å². The summed E-state index contributed by atoms with van der Waals surface area (Å²) in [5.74, 6) is 0.355. The van der Waals surface area contributed by atoms with Crippen molar-refractivity contribution in [2.75, 3.05) is 0 Å². The largest absolute Gasteiger partial charge is 0.487 e. The van der Waals surface area contributed by atoms with Crippen LogP contribution in [0, 0.1) is 19.9 Å². The highest BCUT2D eigenvalue weighted by molar-refractivity contribution is 5.72. The first-order valence-electron chi connectivity index (χ1n) is 12.3. The second kappa shape index (κ2) is 13.3. The molecule has 2 unspecified atom stereocenters. The summed E-state index contributed by atoms with van der Waals surface area (Å²) in [6, 6.07) is 4.24. The second-order valence-electron chi connectivity index (χ2n) is 10.1. The van der Waals surface area contributed by atoms with Crippen LogP contribution in [0.15, 0.2) is 53.8 Å². The van der Waals surface area contributed by atoms with Gasteiger partial charge in [-0.2, -0.15) is 0 Å². The van der Waals surface area contributed by atoms with Gasteiger partial charge in [0.1, 0.15) is 28.6 Å². The van der Waals surface area contributed by atoms with E-state index < -0.39 is 5.97 Å². The minimum Gasteiger partial charge on any atom is -0.487 e. The second-order valence-corrected chi connectivity index (χ2v) is 10.1. The fraction of sp³-hybridized carbons (Fsp3) is 0.484. The van der Waals surface area contributed by atoms with Crippen LogP contribution in [0.1, 0.15) is 83.9 Å². The van der Waals surface area contributed by atoms with Crippen LogP contribution in [0.5, 0.6) is 5.75 Å². The van der Waals surface area contributed by atoms with Crippen molar-refractivity contribution in [3.05, 3.63) is 76.6 Å². The third-order valence-corrected chi connectivity index (χ3v) is 7.00. The summed E-state index contributed by atoms with van der Waals surface area (Å²) in [6.45, 7) is 15.4. The lowest BCUT2D eigenvalue weighted by molar-refractivity contribution is -0.144. The maximum atomic E-state index is 10.7. The Bertz CT molecular complexity index is 1090. The van der Waals surface area contributed by atoms with Gasteiger partial charge in [0.15, 0.2) is 0 Å². The lowest BCUT2D eigenvalue weighted by atomic mass is 9.87. The van der Waals surface area contributed by atoms with Crippen molar-refractivity contribution in [3.63, 3.8) is 0 Å². The van der Waals surface area contributed by atoms with Gasteiger partial charge in [0.25, 0.3) is 5.76 Å². The summed E-state index contributed by atoms with van der Waals surface area (Å²) >= 11 is 0. The minimum absolute atomic E-state index is 0. The Kier molecular flexibility index (Phi) is 11.3. The summed E-state index contributed by atoms with van der Waals surface area (Å²) in [5, 5.41) is 17.8. The summed E-state index contributed by atoms with van der Waals surface area (Å²) in [6.07, 6.45) is 11.9. The van der Waals surface area contributed by atoms with Crippen LogP contribution in [-0.2, 0) is 20.7 Å². The van der Waals surface area contributed by atoms with Gasteiger partial charge in [-0.25, -0.2) is 0 Å². The maximum Gasteiger partial charge on any atom is 0.306 e. The van der Waals surface area contributed by atoms with E-state index in [9.17, 15) is 9.59 Å². The Morgan fingerprint density at radius 1 is 1.14 bits per heavy atom. The van der Waals surface area contributed by atoms with E-state index in [2.05, 4.69) is 38.6 Å². The quantitative estimate of drug-likeness (QED) is 0.250. The predicted molar refractivity (Wildman–Crippen MR) is 148 cm³/mol. The number of carbonyl (C=O) groups is 2. The molecule has 0 amide bonds. The van der Waals surface area contributed by atoms with Crippen molar-refractivity contribution in [3.8, 4) is 5.75 Å². The first-order chi connectivity index (χ1) is 16.8. The lowest BCUT2D eigenvalue weighted by Gasteiger charge is -2.36. The normalized spacial score (nSPS) is 23.3. The molecule has 2 N–H and O–H groups in total. The molecule has 0 radical (unpaired) electrons. The maximum absolute atomic E-state index is 10.7. The monoisotopic (exact) mass is 511 g/mol. The average molecular weight is 512 g/mol. The fourth-order valence-electron chi connectivity index (χ4n) is 3.95. The number of rotatable bonds is 4. The fourth-order valence-corrected chi connectivity index (χ4v) is 3.95. The number of aliphatic carboxylic acids is 1. The van der Waals surface area contributed by atoms with Gasteiger partial charge in [-0.05, 0) is 76.6 Å². The van der Waals surface area contributed by atoms with E-state index in [-0.39, 0.29) is 36.8 Å². The Labute approximate surface area is 222 Å². The molecule has 202 valence electrons. The van der Waals surface area contributed by atoms with Gasteiger partial charge in [0.2, 0.25) is 0 Å². The van der Waals surface area contributed by atoms with E-state index >= 15 is 0 Å². The average Bonchev–Trinajstić information content (AvgIpc) is 3.19. The Morgan fingerprint density at radius 2 is 1.81 bits per heavy atom. The molecule has 1 fully saturated rings. The molecule has 1 aromatic rings. The van der Waals surface area contributed by atoms with E-state index in [0.29, 0.717) is 12.8 Å². The van der Waals surface area contributed by atoms with Gasteiger partial charge in [-0.1, -0.05) is 26.1 Å². The van der Waals surface area contributed by atoms with Crippen LogP contribution in [0.3, 0.4) is 0 Å². The molecule has 3 aliphatic rings. The zero-order valence-corrected chi connectivity index (χ0v) is 22.4. The molecule has 1 aliphatic carbocycles. The molecular weight excluding hydrogens is 468 g/mol. The van der Waals surface area contributed by atoms with Gasteiger partial charge >= 0.3 is 11.9 Å². The van der Waals surface area contributed by atoms with Crippen molar-refractivity contribution in [1.82, 2.24) is 0 Å². The molecule has 1 saturated heterocycles. The molecule has 37 heavy (non-hydrogen) atoms. The molecule has 2 atom stereocenters. The molecule has 2 heterocycles. The third kappa shape index (κ3) is 8.91. The van der Waals surface area contributed by atoms with Crippen molar-refractivity contribution in [1.29, 1.82) is 0 Å². The molecule has 4 rings (SSSR count). The Morgan fingerprint density at radius 3 is 2.30 bits per heavy atom. The SMILES string of the molecule is C.C=CC1(C)CCC(=O)O1.CC1=C(C)C(O)=[C+]C=C1.Cc1ccc2c(c1C)OC(C)(CCC(=O)O)CC2. The number of allylic oxidation sites excluding steroid dienone is 5. The number of ether oxygens (including phenoxy) is 2. The zero-order chi connectivity index (χ0) is 27.1.